The van der Waals surface area contributed by atoms with Crippen LogP contribution in [0.2, 0.25) is 0 Å². The molecule has 2 N–H and O–H groups in total. The minimum Gasteiger partial charge on any atom is -0.389 e. The minimum absolute atomic E-state index is 0.488. The van der Waals surface area contributed by atoms with E-state index in [0.717, 1.165) is 46.4 Å². The van der Waals surface area contributed by atoms with Crippen LogP contribution in [0.5, 0.6) is 0 Å². The van der Waals surface area contributed by atoms with Gasteiger partial charge in [-0.2, -0.15) is 0 Å². The fourth-order valence-corrected chi connectivity index (χ4v) is 4.52. The van der Waals surface area contributed by atoms with Crippen molar-refractivity contribution >= 4 is 43.2 Å². The Morgan fingerprint density at radius 3 is 2.67 bits per heavy atom. The van der Waals surface area contributed by atoms with Gasteiger partial charge in [0.15, 0.2) is 0 Å². The number of rotatable bonds is 4. The smallest absolute Gasteiger partial charge is 0.0843 e. The molecule has 0 radical (unpaired) electrons. The van der Waals surface area contributed by atoms with Crippen LogP contribution in [0, 0.1) is 5.92 Å². The van der Waals surface area contributed by atoms with Gasteiger partial charge in [-0.3, -0.25) is 0 Å². The lowest BCUT2D eigenvalue weighted by molar-refractivity contribution is -0.00625. The van der Waals surface area contributed by atoms with Crippen LogP contribution in [0.4, 0.5) is 0 Å². The van der Waals surface area contributed by atoms with E-state index in [0.29, 0.717) is 6.54 Å². The molecule has 18 heavy (non-hydrogen) atoms. The summed E-state index contributed by atoms with van der Waals surface area (Å²) in [6.07, 6.45) is 4.15. The second-order valence-electron chi connectivity index (χ2n) is 5.34. The van der Waals surface area contributed by atoms with Gasteiger partial charge in [0.25, 0.3) is 0 Å². The standard InChI is InChI=1S/C13H19Br2NOS/c1-9-2-4-13(17,5-3-9)8-16-7-10-6-11(14)12(15)18-10/h6,9,16-17H,2-5,7-8H2,1H3. The van der Waals surface area contributed by atoms with Gasteiger partial charge in [0, 0.05) is 22.4 Å². The van der Waals surface area contributed by atoms with Gasteiger partial charge in [0.05, 0.1) is 9.39 Å². The summed E-state index contributed by atoms with van der Waals surface area (Å²) in [6.45, 7) is 3.80. The number of hydrogen-bond acceptors (Lipinski definition) is 3. The fourth-order valence-electron chi connectivity index (χ4n) is 2.37. The summed E-state index contributed by atoms with van der Waals surface area (Å²) in [4.78, 5) is 1.28. The van der Waals surface area contributed by atoms with Crippen molar-refractivity contribution in [1.29, 1.82) is 0 Å². The zero-order valence-electron chi connectivity index (χ0n) is 10.5. The van der Waals surface area contributed by atoms with Crippen molar-refractivity contribution in [2.75, 3.05) is 6.54 Å². The minimum atomic E-state index is -0.488. The number of hydrogen-bond donors (Lipinski definition) is 2. The summed E-state index contributed by atoms with van der Waals surface area (Å²) in [6, 6.07) is 2.12. The Labute approximate surface area is 129 Å². The molecule has 0 atom stereocenters. The maximum absolute atomic E-state index is 10.4. The highest BCUT2D eigenvalue weighted by Crippen LogP contribution is 2.33. The van der Waals surface area contributed by atoms with Crippen LogP contribution in [-0.4, -0.2) is 17.3 Å². The first-order chi connectivity index (χ1) is 8.48. The summed E-state index contributed by atoms with van der Waals surface area (Å²) in [5, 5.41) is 13.8. The van der Waals surface area contributed by atoms with Crippen molar-refractivity contribution < 1.29 is 5.11 Å². The predicted octanol–water partition coefficient (Wildman–Crippen LogP) is 4.30. The highest BCUT2D eigenvalue weighted by Gasteiger charge is 2.31. The van der Waals surface area contributed by atoms with E-state index in [-0.39, 0.29) is 0 Å². The summed E-state index contributed by atoms with van der Waals surface area (Å²) in [7, 11) is 0. The van der Waals surface area contributed by atoms with Crippen molar-refractivity contribution in [1.82, 2.24) is 5.32 Å². The Morgan fingerprint density at radius 1 is 1.44 bits per heavy atom. The van der Waals surface area contributed by atoms with Crippen molar-refractivity contribution in [2.24, 2.45) is 5.92 Å². The molecule has 0 unspecified atom stereocenters. The second-order valence-corrected chi connectivity index (χ2v) is 8.65. The molecule has 1 heterocycles. The summed E-state index contributed by atoms with van der Waals surface area (Å²) >= 11 is 8.71. The molecule has 0 saturated heterocycles. The molecule has 0 amide bonds. The van der Waals surface area contributed by atoms with Crippen LogP contribution >= 0.6 is 43.2 Å². The van der Waals surface area contributed by atoms with E-state index < -0.39 is 5.60 Å². The van der Waals surface area contributed by atoms with Gasteiger partial charge in [-0.15, -0.1) is 11.3 Å². The van der Waals surface area contributed by atoms with Crippen LogP contribution in [0.25, 0.3) is 0 Å². The largest absolute Gasteiger partial charge is 0.389 e. The van der Waals surface area contributed by atoms with Crippen molar-refractivity contribution in [3.05, 3.63) is 19.2 Å². The SMILES string of the molecule is CC1CCC(O)(CNCc2cc(Br)c(Br)s2)CC1. The third kappa shape index (κ3) is 4.04. The molecule has 1 aliphatic rings. The summed E-state index contributed by atoms with van der Waals surface area (Å²) in [5.74, 6) is 0.773. The van der Waals surface area contributed by atoms with Crippen LogP contribution in [0.3, 0.4) is 0 Å². The molecule has 1 aromatic heterocycles. The molecule has 0 bridgehead atoms. The van der Waals surface area contributed by atoms with Crippen molar-refractivity contribution in [2.45, 2.75) is 44.8 Å². The maximum atomic E-state index is 10.4. The lowest BCUT2D eigenvalue weighted by Crippen LogP contribution is -2.43. The quantitative estimate of drug-likeness (QED) is 0.794. The third-order valence-electron chi connectivity index (χ3n) is 3.65. The highest BCUT2D eigenvalue weighted by molar-refractivity contribution is 9.13. The molecule has 5 heteroatoms. The Hall–Kier alpha value is 0.580. The maximum Gasteiger partial charge on any atom is 0.0843 e. The molecule has 0 aliphatic heterocycles. The Balaban J connectivity index is 1.78. The van der Waals surface area contributed by atoms with E-state index in [4.69, 9.17) is 0 Å². The topological polar surface area (TPSA) is 32.3 Å². The van der Waals surface area contributed by atoms with Gasteiger partial charge in [-0.1, -0.05) is 6.92 Å². The molecule has 1 aromatic rings. The van der Waals surface area contributed by atoms with Gasteiger partial charge < -0.3 is 10.4 Å². The zero-order chi connectivity index (χ0) is 13.2. The second kappa shape index (κ2) is 6.35. The molecular formula is C13H19Br2NOS. The highest BCUT2D eigenvalue weighted by atomic mass is 79.9. The average molecular weight is 397 g/mol. The number of thiophene rings is 1. The van der Waals surface area contributed by atoms with E-state index in [1.165, 1.54) is 4.88 Å². The lowest BCUT2D eigenvalue weighted by atomic mass is 9.79. The first kappa shape index (κ1) is 15.0. The van der Waals surface area contributed by atoms with Gasteiger partial charge in [-0.25, -0.2) is 0 Å². The monoisotopic (exact) mass is 395 g/mol. The zero-order valence-corrected chi connectivity index (χ0v) is 14.5. The number of nitrogens with one attached hydrogen (secondary N) is 1. The Kier molecular flexibility index (Phi) is 5.29. The Morgan fingerprint density at radius 2 is 2.11 bits per heavy atom. The average Bonchev–Trinajstić information content (AvgIpc) is 2.63. The van der Waals surface area contributed by atoms with Crippen molar-refractivity contribution in [3.63, 3.8) is 0 Å². The molecule has 102 valence electrons. The van der Waals surface area contributed by atoms with E-state index in [1.807, 2.05) is 0 Å². The molecular weight excluding hydrogens is 378 g/mol. The third-order valence-corrected chi connectivity index (χ3v) is 6.91. The van der Waals surface area contributed by atoms with E-state index >= 15 is 0 Å². The van der Waals surface area contributed by atoms with E-state index in [1.54, 1.807) is 11.3 Å². The summed E-state index contributed by atoms with van der Waals surface area (Å²) in [5.41, 5.74) is -0.488. The van der Waals surface area contributed by atoms with Crippen LogP contribution < -0.4 is 5.32 Å². The molecule has 2 nitrogen and oxygen atoms in total. The van der Waals surface area contributed by atoms with Gasteiger partial charge in [0.1, 0.15) is 0 Å². The summed E-state index contributed by atoms with van der Waals surface area (Å²) < 4.78 is 2.24. The van der Waals surface area contributed by atoms with Crippen LogP contribution in [-0.2, 0) is 6.54 Å². The van der Waals surface area contributed by atoms with Gasteiger partial charge in [-0.05, 0) is 69.5 Å². The molecule has 1 fully saturated rings. The van der Waals surface area contributed by atoms with Crippen LogP contribution in [0.1, 0.15) is 37.5 Å². The van der Waals surface area contributed by atoms with E-state index in [9.17, 15) is 5.11 Å². The lowest BCUT2D eigenvalue weighted by Gasteiger charge is -2.35. The first-order valence-electron chi connectivity index (χ1n) is 6.35. The van der Waals surface area contributed by atoms with E-state index in [2.05, 4.69) is 50.2 Å². The molecule has 1 aliphatic carbocycles. The van der Waals surface area contributed by atoms with Gasteiger partial charge in [0.2, 0.25) is 0 Å². The number of aliphatic hydroxyl groups is 1. The fraction of sp³-hybridized carbons (Fsp3) is 0.692. The molecule has 1 saturated carbocycles. The van der Waals surface area contributed by atoms with Gasteiger partial charge >= 0.3 is 0 Å². The van der Waals surface area contributed by atoms with Crippen molar-refractivity contribution in [3.8, 4) is 0 Å². The van der Waals surface area contributed by atoms with Crippen LogP contribution in [0.15, 0.2) is 14.3 Å². The normalized spacial score (nSPS) is 28.6. The first-order valence-corrected chi connectivity index (χ1v) is 8.75. The predicted molar refractivity (Wildman–Crippen MR) is 84.0 cm³/mol. The molecule has 0 spiro atoms. The Bertz CT molecular complexity index is 380. The number of halogens is 2. The molecule has 2 rings (SSSR count). The molecule has 0 aromatic carbocycles.